The number of benzene rings is 1. The summed E-state index contributed by atoms with van der Waals surface area (Å²) in [7, 11) is 1.36. The van der Waals surface area contributed by atoms with Crippen molar-refractivity contribution >= 4 is 11.5 Å². The highest BCUT2D eigenvalue weighted by Crippen LogP contribution is 2.11. The number of methoxy groups -OCH3 is 1. The molecule has 0 aliphatic carbocycles. The normalized spacial score (nSPS) is 11.1. The molecule has 1 radical (unpaired) electrons. The lowest BCUT2D eigenvalue weighted by molar-refractivity contribution is -0.134. The molecule has 0 amide bonds. The Hall–Kier alpha value is -1.57. The minimum Gasteiger partial charge on any atom is -0.466 e. The quantitative estimate of drug-likeness (QED) is 0.508. The van der Waals surface area contributed by atoms with E-state index in [-0.39, 0.29) is 5.97 Å². The highest BCUT2D eigenvalue weighted by atomic mass is 16.5. The zero-order chi connectivity index (χ0) is 9.68. The molecule has 0 aromatic heterocycles. The van der Waals surface area contributed by atoms with Crippen molar-refractivity contribution in [1.29, 1.82) is 0 Å². The van der Waals surface area contributed by atoms with E-state index in [1.54, 1.807) is 0 Å². The molecular weight excluding hydrogens is 164 g/mol. The molecular formula is C11H11O2. The predicted molar refractivity (Wildman–Crippen MR) is 50.9 cm³/mol. The minimum absolute atomic E-state index is 0.332. The summed E-state index contributed by atoms with van der Waals surface area (Å²) in [6, 6.07) is 10.4. The number of rotatable bonds is 2. The summed E-state index contributed by atoms with van der Waals surface area (Å²) in [6.07, 6.45) is 1.46. The van der Waals surface area contributed by atoms with Crippen LogP contribution in [0.25, 0.3) is 5.57 Å². The summed E-state index contributed by atoms with van der Waals surface area (Å²) < 4.78 is 4.52. The largest absolute Gasteiger partial charge is 0.466 e. The Morgan fingerprint density at radius 1 is 1.62 bits per heavy atom. The van der Waals surface area contributed by atoms with Gasteiger partial charge in [-0.3, -0.25) is 0 Å². The Labute approximate surface area is 77.8 Å². The minimum atomic E-state index is -0.332. The standard InChI is InChI=1S/C11H11O2/c1-9(8-11(12)13-2)10-6-4-3-5-7-10/h3-4,6-8H,1-2H3. The van der Waals surface area contributed by atoms with E-state index >= 15 is 0 Å². The topological polar surface area (TPSA) is 26.3 Å². The predicted octanol–water partition coefficient (Wildman–Crippen LogP) is 2.06. The third-order valence-electron chi connectivity index (χ3n) is 1.70. The summed E-state index contributed by atoms with van der Waals surface area (Å²) in [5.74, 6) is -0.332. The fraction of sp³-hybridized carbons (Fsp3) is 0.182. The van der Waals surface area contributed by atoms with Crippen LogP contribution < -0.4 is 0 Å². The Balaban J connectivity index is 2.85. The first-order valence-corrected chi connectivity index (χ1v) is 3.97. The molecule has 0 spiro atoms. The summed E-state index contributed by atoms with van der Waals surface area (Å²) in [5.41, 5.74) is 1.86. The summed E-state index contributed by atoms with van der Waals surface area (Å²) in [6.45, 7) is 1.86. The molecule has 0 aliphatic rings. The Kier molecular flexibility index (Phi) is 3.26. The molecule has 1 aromatic rings. The van der Waals surface area contributed by atoms with Gasteiger partial charge in [-0.15, -0.1) is 0 Å². The van der Waals surface area contributed by atoms with Crippen molar-refractivity contribution in [3.05, 3.63) is 42.0 Å². The van der Waals surface area contributed by atoms with Crippen LogP contribution in [-0.4, -0.2) is 13.1 Å². The van der Waals surface area contributed by atoms with Crippen LogP contribution in [-0.2, 0) is 9.53 Å². The van der Waals surface area contributed by atoms with Crippen molar-refractivity contribution in [3.8, 4) is 0 Å². The van der Waals surface area contributed by atoms with Crippen LogP contribution in [0.3, 0.4) is 0 Å². The van der Waals surface area contributed by atoms with E-state index in [0.29, 0.717) is 0 Å². The van der Waals surface area contributed by atoms with Crippen molar-refractivity contribution in [2.75, 3.05) is 7.11 Å². The van der Waals surface area contributed by atoms with E-state index in [1.807, 2.05) is 31.2 Å². The van der Waals surface area contributed by atoms with Crippen molar-refractivity contribution < 1.29 is 9.53 Å². The van der Waals surface area contributed by atoms with Gasteiger partial charge < -0.3 is 4.74 Å². The van der Waals surface area contributed by atoms with Gasteiger partial charge in [-0.2, -0.15) is 0 Å². The van der Waals surface area contributed by atoms with Gasteiger partial charge in [0.05, 0.1) is 7.11 Å². The van der Waals surface area contributed by atoms with Gasteiger partial charge in [-0.1, -0.05) is 18.2 Å². The summed E-state index contributed by atoms with van der Waals surface area (Å²) in [4.78, 5) is 10.9. The smallest absolute Gasteiger partial charge is 0.330 e. The van der Waals surface area contributed by atoms with Gasteiger partial charge in [0.15, 0.2) is 0 Å². The van der Waals surface area contributed by atoms with E-state index < -0.39 is 0 Å². The molecule has 1 rings (SSSR count). The number of esters is 1. The lowest BCUT2D eigenvalue weighted by atomic mass is 10.1. The monoisotopic (exact) mass is 175 g/mol. The third-order valence-corrected chi connectivity index (χ3v) is 1.70. The van der Waals surface area contributed by atoms with Crippen LogP contribution in [0.1, 0.15) is 12.5 Å². The van der Waals surface area contributed by atoms with E-state index in [0.717, 1.165) is 11.1 Å². The molecule has 0 saturated heterocycles. The summed E-state index contributed by atoms with van der Waals surface area (Å²) in [5, 5.41) is 0. The van der Waals surface area contributed by atoms with E-state index in [9.17, 15) is 4.79 Å². The molecule has 2 heteroatoms. The molecule has 0 bridgehead atoms. The number of hydrogen-bond acceptors (Lipinski definition) is 2. The van der Waals surface area contributed by atoms with Crippen molar-refractivity contribution in [3.63, 3.8) is 0 Å². The van der Waals surface area contributed by atoms with Crippen LogP contribution in [0.5, 0.6) is 0 Å². The SMILES string of the molecule is COC(=O)C=C(C)c1c[c]ccc1. The highest BCUT2D eigenvalue weighted by Gasteiger charge is 1.98. The summed E-state index contributed by atoms with van der Waals surface area (Å²) >= 11 is 0. The van der Waals surface area contributed by atoms with Crippen molar-refractivity contribution in [2.24, 2.45) is 0 Å². The first-order chi connectivity index (χ1) is 6.24. The van der Waals surface area contributed by atoms with E-state index in [2.05, 4.69) is 10.8 Å². The van der Waals surface area contributed by atoms with Crippen LogP contribution in [0.4, 0.5) is 0 Å². The molecule has 13 heavy (non-hydrogen) atoms. The number of allylic oxidation sites excluding steroid dienone is 1. The van der Waals surface area contributed by atoms with Gasteiger partial charge in [0.2, 0.25) is 0 Å². The van der Waals surface area contributed by atoms with Gasteiger partial charge in [0.25, 0.3) is 0 Å². The molecule has 67 valence electrons. The number of hydrogen-bond donors (Lipinski definition) is 0. The first kappa shape index (κ1) is 9.52. The average molecular weight is 175 g/mol. The molecule has 1 aromatic carbocycles. The van der Waals surface area contributed by atoms with Crippen LogP contribution in [0.2, 0.25) is 0 Å². The second-order valence-corrected chi connectivity index (χ2v) is 2.64. The number of carbonyl (C=O) groups excluding carboxylic acids is 1. The highest BCUT2D eigenvalue weighted by molar-refractivity contribution is 5.90. The fourth-order valence-electron chi connectivity index (χ4n) is 0.958. The van der Waals surface area contributed by atoms with Crippen LogP contribution in [0, 0.1) is 6.07 Å². The zero-order valence-corrected chi connectivity index (χ0v) is 7.70. The van der Waals surface area contributed by atoms with Crippen molar-refractivity contribution in [1.82, 2.24) is 0 Å². The Morgan fingerprint density at radius 2 is 2.38 bits per heavy atom. The molecule has 0 aliphatic heterocycles. The van der Waals surface area contributed by atoms with Crippen LogP contribution in [0.15, 0.2) is 30.3 Å². The average Bonchev–Trinajstić information content (AvgIpc) is 2.19. The second kappa shape index (κ2) is 4.45. The van der Waals surface area contributed by atoms with Gasteiger partial charge in [0, 0.05) is 6.08 Å². The Bertz CT molecular complexity index is 312. The molecule has 0 unspecified atom stereocenters. The lowest BCUT2D eigenvalue weighted by Gasteiger charge is -1.99. The zero-order valence-electron chi connectivity index (χ0n) is 7.70. The molecule has 0 saturated carbocycles. The maximum absolute atomic E-state index is 10.9. The fourth-order valence-corrected chi connectivity index (χ4v) is 0.958. The van der Waals surface area contributed by atoms with E-state index in [4.69, 9.17) is 0 Å². The molecule has 0 fully saturated rings. The molecule has 0 heterocycles. The number of carbonyl (C=O) groups is 1. The third kappa shape index (κ3) is 2.75. The van der Waals surface area contributed by atoms with Crippen LogP contribution >= 0.6 is 0 Å². The molecule has 0 atom stereocenters. The maximum atomic E-state index is 10.9. The van der Waals surface area contributed by atoms with E-state index in [1.165, 1.54) is 13.2 Å². The number of ether oxygens (including phenoxy) is 1. The Morgan fingerprint density at radius 3 is 2.92 bits per heavy atom. The van der Waals surface area contributed by atoms with Gasteiger partial charge in [0.1, 0.15) is 0 Å². The van der Waals surface area contributed by atoms with Crippen molar-refractivity contribution in [2.45, 2.75) is 6.92 Å². The maximum Gasteiger partial charge on any atom is 0.330 e. The lowest BCUT2D eigenvalue weighted by Crippen LogP contribution is -1.95. The van der Waals surface area contributed by atoms with Gasteiger partial charge >= 0.3 is 5.97 Å². The van der Waals surface area contributed by atoms with Gasteiger partial charge in [-0.05, 0) is 30.2 Å². The first-order valence-electron chi connectivity index (χ1n) is 3.97. The molecule has 2 nitrogen and oxygen atoms in total. The van der Waals surface area contributed by atoms with Gasteiger partial charge in [-0.25, -0.2) is 4.79 Å². The molecule has 0 N–H and O–H groups in total. The second-order valence-electron chi connectivity index (χ2n) is 2.64.